The first kappa shape index (κ1) is 9.54. The van der Waals surface area contributed by atoms with Gasteiger partial charge in [0.05, 0.1) is 5.56 Å². The normalized spacial score (nSPS) is 20.1. The number of nitriles is 1. The van der Waals surface area contributed by atoms with Gasteiger partial charge in [-0.15, -0.1) is 11.3 Å². The smallest absolute Gasteiger partial charge is 0.104 e. The molecule has 0 saturated heterocycles. The van der Waals surface area contributed by atoms with Gasteiger partial charge >= 0.3 is 0 Å². The molecule has 14 heavy (non-hydrogen) atoms. The molecule has 0 bridgehead atoms. The minimum absolute atomic E-state index is 0.571. The number of nitrogen functional groups attached to an aromatic ring is 1. The van der Waals surface area contributed by atoms with Gasteiger partial charge in [-0.25, -0.2) is 0 Å². The number of anilines is 1. The fraction of sp³-hybridized carbons (Fsp3) is 0.545. The van der Waals surface area contributed by atoms with Gasteiger partial charge in [0.25, 0.3) is 0 Å². The van der Waals surface area contributed by atoms with E-state index in [4.69, 9.17) is 11.0 Å². The van der Waals surface area contributed by atoms with Crippen molar-refractivity contribution in [1.29, 1.82) is 5.26 Å². The van der Waals surface area contributed by atoms with Crippen molar-refractivity contribution in [3.05, 3.63) is 16.0 Å². The molecule has 3 heteroatoms. The summed E-state index contributed by atoms with van der Waals surface area (Å²) in [7, 11) is 0. The first-order chi connectivity index (χ1) is 6.77. The zero-order chi connectivity index (χ0) is 10.1. The molecule has 1 aliphatic rings. The molecule has 0 aliphatic heterocycles. The van der Waals surface area contributed by atoms with Crippen LogP contribution in [0.5, 0.6) is 0 Å². The highest BCUT2D eigenvalue weighted by atomic mass is 32.1. The Bertz CT molecular complexity index is 387. The van der Waals surface area contributed by atoms with Gasteiger partial charge in [0.15, 0.2) is 0 Å². The molecule has 2 N–H and O–H groups in total. The van der Waals surface area contributed by atoms with Crippen LogP contribution >= 0.6 is 11.3 Å². The molecule has 1 aromatic rings. The van der Waals surface area contributed by atoms with Crippen LogP contribution in [0.1, 0.15) is 48.1 Å². The molecule has 0 amide bonds. The van der Waals surface area contributed by atoms with Crippen molar-refractivity contribution in [2.45, 2.75) is 38.5 Å². The Morgan fingerprint density at radius 3 is 3.07 bits per heavy atom. The van der Waals surface area contributed by atoms with Gasteiger partial charge in [-0.3, -0.25) is 0 Å². The number of hydrogen-bond acceptors (Lipinski definition) is 3. The number of nitrogens with two attached hydrogens (primary N) is 1. The Kier molecular flexibility index (Phi) is 2.47. The molecule has 1 aromatic heterocycles. The third-order valence-corrected chi connectivity index (χ3v) is 4.11. The summed E-state index contributed by atoms with van der Waals surface area (Å²) in [6, 6.07) is 2.25. The number of fused-ring (bicyclic) bond motifs is 1. The van der Waals surface area contributed by atoms with Crippen LogP contribution in [0.25, 0.3) is 0 Å². The average molecular weight is 206 g/mol. The van der Waals surface area contributed by atoms with E-state index < -0.39 is 0 Å². The molecule has 1 atom stereocenters. The van der Waals surface area contributed by atoms with Gasteiger partial charge in [-0.1, -0.05) is 6.92 Å². The summed E-state index contributed by atoms with van der Waals surface area (Å²) in [5, 5.41) is 9.77. The van der Waals surface area contributed by atoms with E-state index >= 15 is 0 Å². The fourth-order valence-electron chi connectivity index (χ4n) is 2.31. The molecule has 1 unspecified atom stereocenters. The van der Waals surface area contributed by atoms with Crippen LogP contribution in [-0.4, -0.2) is 0 Å². The van der Waals surface area contributed by atoms with Gasteiger partial charge in [0.2, 0.25) is 0 Å². The van der Waals surface area contributed by atoms with E-state index in [1.54, 1.807) is 11.3 Å². The summed E-state index contributed by atoms with van der Waals surface area (Å²) in [5.74, 6) is 0.571. The Morgan fingerprint density at radius 1 is 1.64 bits per heavy atom. The number of hydrogen-bond donors (Lipinski definition) is 1. The highest BCUT2D eigenvalue weighted by Crippen LogP contribution is 2.42. The molecule has 74 valence electrons. The third kappa shape index (κ3) is 1.31. The predicted molar refractivity (Wildman–Crippen MR) is 59.4 cm³/mol. The molecular formula is C11H14N2S. The second kappa shape index (κ2) is 3.62. The Hall–Kier alpha value is -1.01. The van der Waals surface area contributed by atoms with Crippen LogP contribution in [0.15, 0.2) is 0 Å². The molecule has 0 fully saturated rings. The standard InChI is InChI=1S/C11H14N2S/c1-2-7-4-3-5-9-10(7)8(6-12)11(13)14-9/h7H,2-5,13H2,1H3. The largest absolute Gasteiger partial charge is 0.389 e. The van der Waals surface area contributed by atoms with E-state index in [1.165, 1.54) is 23.3 Å². The van der Waals surface area contributed by atoms with E-state index in [2.05, 4.69) is 13.0 Å². The minimum atomic E-state index is 0.571. The summed E-state index contributed by atoms with van der Waals surface area (Å²) >= 11 is 1.62. The SMILES string of the molecule is CCC1CCCc2sc(N)c(C#N)c21. The molecule has 2 nitrogen and oxygen atoms in total. The molecule has 0 aromatic carbocycles. The number of rotatable bonds is 1. The number of aryl methyl sites for hydroxylation is 1. The summed E-state index contributed by atoms with van der Waals surface area (Å²) in [6.07, 6.45) is 4.70. The topological polar surface area (TPSA) is 49.8 Å². The lowest BCUT2D eigenvalue weighted by Crippen LogP contribution is -2.07. The van der Waals surface area contributed by atoms with Gasteiger partial charge in [0, 0.05) is 4.88 Å². The third-order valence-electron chi connectivity index (χ3n) is 3.02. The second-order valence-electron chi connectivity index (χ2n) is 3.79. The van der Waals surface area contributed by atoms with E-state index in [9.17, 15) is 0 Å². The molecule has 0 saturated carbocycles. The lowest BCUT2D eigenvalue weighted by atomic mass is 9.84. The minimum Gasteiger partial charge on any atom is -0.389 e. The molecular weight excluding hydrogens is 192 g/mol. The van der Waals surface area contributed by atoms with Crippen LogP contribution < -0.4 is 5.73 Å². The van der Waals surface area contributed by atoms with E-state index in [-0.39, 0.29) is 0 Å². The maximum atomic E-state index is 9.05. The Morgan fingerprint density at radius 2 is 2.43 bits per heavy atom. The fourth-order valence-corrected chi connectivity index (χ4v) is 3.45. The van der Waals surface area contributed by atoms with Gasteiger partial charge < -0.3 is 5.73 Å². The number of nitrogens with zero attached hydrogens (tertiary/aromatic N) is 1. The van der Waals surface area contributed by atoms with Crippen molar-refractivity contribution in [2.24, 2.45) is 0 Å². The van der Waals surface area contributed by atoms with Crippen LogP contribution in [0, 0.1) is 11.3 Å². The first-order valence-corrected chi connectivity index (χ1v) is 5.90. The van der Waals surface area contributed by atoms with Crippen molar-refractivity contribution < 1.29 is 0 Å². The molecule has 1 aliphatic carbocycles. The van der Waals surface area contributed by atoms with Crippen molar-refractivity contribution in [3.63, 3.8) is 0 Å². The van der Waals surface area contributed by atoms with Crippen LogP contribution in [-0.2, 0) is 6.42 Å². The van der Waals surface area contributed by atoms with Gasteiger partial charge in [-0.2, -0.15) is 5.26 Å². The maximum absolute atomic E-state index is 9.05. The van der Waals surface area contributed by atoms with Crippen LogP contribution in [0.3, 0.4) is 0 Å². The van der Waals surface area contributed by atoms with Crippen molar-refractivity contribution in [3.8, 4) is 6.07 Å². The summed E-state index contributed by atoms with van der Waals surface area (Å²) in [6.45, 7) is 2.19. The molecule has 0 radical (unpaired) electrons. The van der Waals surface area contributed by atoms with Crippen LogP contribution in [0.2, 0.25) is 0 Å². The highest BCUT2D eigenvalue weighted by molar-refractivity contribution is 7.16. The summed E-state index contributed by atoms with van der Waals surface area (Å²) in [5.41, 5.74) is 7.87. The van der Waals surface area contributed by atoms with E-state index in [0.717, 1.165) is 23.4 Å². The first-order valence-electron chi connectivity index (χ1n) is 5.09. The van der Waals surface area contributed by atoms with Crippen molar-refractivity contribution >= 4 is 16.3 Å². The average Bonchev–Trinajstić information content (AvgIpc) is 2.52. The molecule has 0 spiro atoms. The van der Waals surface area contributed by atoms with E-state index in [1.807, 2.05) is 0 Å². The van der Waals surface area contributed by atoms with Gasteiger partial charge in [0.1, 0.15) is 11.1 Å². The van der Waals surface area contributed by atoms with E-state index in [0.29, 0.717) is 5.92 Å². The lowest BCUT2D eigenvalue weighted by Gasteiger charge is -2.21. The zero-order valence-corrected chi connectivity index (χ0v) is 9.16. The summed E-state index contributed by atoms with van der Waals surface area (Å²) < 4.78 is 0. The predicted octanol–water partition coefficient (Wildman–Crippen LogP) is 3.03. The Balaban J connectivity index is 2.54. The highest BCUT2D eigenvalue weighted by Gasteiger charge is 2.25. The van der Waals surface area contributed by atoms with Crippen molar-refractivity contribution in [2.75, 3.05) is 5.73 Å². The lowest BCUT2D eigenvalue weighted by molar-refractivity contribution is 0.545. The molecule has 2 rings (SSSR count). The van der Waals surface area contributed by atoms with Crippen molar-refractivity contribution in [1.82, 2.24) is 0 Å². The second-order valence-corrected chi connectivity index (χ2v) is 4.92. The van der Waals surface area contributed by atoms with Crippen LogP contribution in [0.4, 0.5) is 5.00 Å². The quantitative estimate of drug-likeness (QED) is 0.767. The summed E-state index contributed by atoms with van der Waals surface area (Å²) in [4.78, 5) is 1.36. The zero-order valence-electron chi connectivity index (χ0n) is 8.34. The molecule has 1 heterocycles. The Labute approximate surface area is 88.4 Å². The van der Waals surface area contributed by atoms with Gasteiger partial charge in [-0.05, 0) is 37.2 Å². The maximum Gasteiger partial charge on any atom is 0.104 e. The number of thiophene rings is 1. The monoisotopic (exact) mass is 206 g/mol.